The van der Waals surface area contributed by atoms with Gasteiger partial charge in [-0.05, 0) is 12.8 Å². The number of carbonyl (C=O) groups is 1. The van der Waals surface area contributed by atoms with Crippen LogP contribution in [0, 0.1) is 5.92 Å². The zero-order valence-corrected chi connectivity index (χ0v) is 23.5. The van der Waals surface area contributed by atoms with E-state index in [0.717, 1.165) is 35.2 Å². The minimum atomic E-state index is -0.327. The smallest absolute Gasteiger partial charge is 1.00 e. The number of carbonyl (C=O) groups excluding carboxylic acids is 1. The number of amides is 1. The third-order valence-corrected chi connectivity index (χ3v) is 5.02. The van der Waals surface area contributed by atoms with Gasteiger partial charge in [0.2, 0.25) is 0 Å². The van der Waals surface area contributed by atoms with Crippen LogP contribution in [0.25, 0.3) is 16.5 Å². The third-order valence-electron chi connectivity index (χ3n) is 5.02. The first-order chi connectivity index (χ1) is 13.2. The van der Waals surface area contributed by atoms with Gasteiger partial charge in [0.15, 0.2) is 0 Å². The van der Waals surface area contributed by atoms with Gasteiger partial charge in [-0.3, -0.25) is 0 Å². The molecule has 0 spiro atoms. The molecule has 2 aromatic rings. The van der Waals surface area contributed by atoms with Crippen LogP contribution in [0.4, 0.5) is 0 Å². The summed E-state index contributed by atoms with van der Waals surface area (Å²) in [5, 5.41) is 2.66. The maximum Gasteiger partial charge on any atom is 4.00 e. The van der Waals surface area contributed by atoms with Crippen molar-refractivity contribution in [3.8, 4) is 0 Å². The Bertz CT molecular complexity index is 582. The fourth-order valence-electron chi connectivity index (χ4n) is 3.50. The molecule has 6 heteroatoms. The summed E-state index contributed by atoms with van der Waals surface area (Å²) in [6, 6.07) is 14.7. The predicted octanol–water partition coefficient (Wildman–Crippen LogP) is 1.84. The van der Waals surface area contributed by atoms with Crippen LogP contribution in [-0.2, 0) is 31.0 Å². The maximum atomic E-state index is 11.1. The quantitative estimate of drug-likeness (QED) is 0.398. The molecule has 0 atom stereocenters. The van der Waals surface area contributed by atoms with Gasteiger partial charge < -0.3 is 35.3 Å². The molecule has 1 saturated carbocycles. The summed E-state index contributed by atoms with van der Waals surface area (Å²) in [7, 11) is 1.08. The second-order valence-electron chi connectivity index (χ2n) is 7.48. The Morgan fingerprint density at radius 2 is 1.30 bits per heavy atom. The van der Waals surface area contributed by atoms with Crippen LogP contribution in [0.1, 0.15) is 70.6 Å². The maximum absolute atomic E-state index is 11.1. The summed E-state index contributed by atoms with van der Waals surface area (Å²) in [6.07, 6.45) is 13.5. The van der Waals surface area contributed by atoms with Crippen LogP contribution in [0.5, 0.6) is 0 Å². The molecule has 1 N–H and O–H groups in total. The number of nitrogens with one attached hydrogen (secondary N) is 1. The fraction of sp³-hybridized carbons (Fsp3) is 0.583. The summed E-state index contributed by atoms with van der Waals surface area (Å²) in [5.74, 6) is -0.281. The van der Waals surface area contributed by atoms with Gasteiger partial charge >= 0.3 is 26.2 Å². The van der Waals surface area contributed by atoms with Crippen molar-refractivity contribution in [2.45, 2.75) is 83.7 Å². The minimum Gasteiger partial charge on any atom is -1.00 e. The molecular weight excluding hydrogens is 508 g/mol. The zero-order valence-electron chi connectivity index (χ0n) is 18.6. The first-order valence-electron chi connectivity index (χ1n) is 10.6. The van der Waals surface area contributed by atoms with E-state index in [1.54, 1.807) is 0 Å². The molecule has 0 bridgehead atoms. The molecule has 2 radical (unpaired) electrons. The van der Waals surface area contributed by atoms with E-state index in [9.17, 15) is 4.79 Å². The van der Waals surface area contributed by atoms with Crippen molar-refractivity contribution in [1.29, 1.82) is 0 Å². The topological polar surface area (TPSA) is 40.9 Å². The van der Waals surface area contributed by atoms with Crippen LogP contribution >= 0.6 is 0 Å². The average molecular weight is 546 g/mol. The van der Waals surface area contributed by atoms with Gasteiger partial charge in [-0.15, -0.1) is 29.7 Å². The van der Waals surface area contributed by atoms with E-state index >= 15 is 0 Å². The Hall–Kier alpha value is -0.0200. The van der Waals surface area contributed by atoms with Crippen molar-refractivity contribution in [2.24, 2.45) is 5.92 Å². The first-order valence-corrected chi connectivity index (χ1v) is 12.6. The minimum absolute atomic E-state index is 0. The Balaban J connectivity index is -0.000000419. The van der Waals surface area contributed by atoms with Crippen LogP contribution in [0.3, 0.4) is 0 Å². The number of benzene rings is 1. The average Bonchev–Trinajstić information content (AvgIpc) is 3.12. The number of hydrogen-bond donors (Lipinski definition) is 0. The van der Waals surface area contributed by atoms with E-state index in [2.05, 4.69) is 55.6 Å². The molecule has 166 valence electrons. The molecule has 1 amide bonds. The van der Waals surface area contributed by atoms with Crippen molar-refractivity contribution in [1.82, 2.24) is 0 Å². The number of rotatable bonds is 1. The van der Waals surface area contributed by atoms with Crippen molar-refractivity contribution < 1.29 is 55.8 Å². The molecule has 0 unspecified atom stereocenters. The van der Waals surface area contributed by atoms with Gasteiger partial charge in [0, 0.05) is 15.4 Å². The molecule has 3 rings (SSSR count). The van der Waals surface area contributed by atoms with Crippen molar-refractivity contribution in [3.63, 3.8) is 0 Å². The SMILES string of the molecule is C[Si]C.[Cl-].[Cl-].[NH-]C(=O)C1CCCCCCCCCCC1.[Zr+4].c1ccc2[cH-]ccc2c1. The summed E-state index contributed by atoms with van der Waals surface area (Å²) in [4.78, 5) is 11.1. The second kappa shape index (κ2) is 23.6. The van der Waals surface area contributed by atoms with Gasteiger partial charge in [-0.2, -0.15) is 17.5 Å². The van der Waals surface area contributed by atoms with Gasteiger partial charge in [-0.1, -0.05) is 76.9 Å². The molecule has 1 fully saturated rings. The van der Waals surface area contributed by atoms with Crippen molar-refractivity contribution in [2.75, 3.05) is 0 Å². The molecule has 0 heterocycles. The molecule has 1 aliphatic rings. The van der Waals surface area contributed by atoms with Crippen molar-refractivity contribution in [3.05, 3.63) is 48.2 Å². The van der Waals surface area contributed by atoms with Gasteiger partial charge in [0.1, 0.15) is 0 Å². The van der Waals surface area contributed by atoms with Gasteiger partial charge in [0.25, 0.3) is 0 Å². The Morgan fingerprint density at radius 3 is 1.73 bits per heavy atom. The van der Waals surface area contributed by atoms with E-state index in [1.165, 1.54) is 55.7 Å². The molecule has 2 aromatic carbocycles. The standard InChI is InChI=1S/C13H25NO.C9H7.C2H6Si.2ClH.Zr/c14-13(15)12-10-8-6-4-2-1-3-5-7-9-11-12;1-2-5-9-7-3-6-8(9)4-1;1-3-2;;;/h12H,1-11H2,(H2,14,15);1-7H;1-2H3;2*1H;/q;-1;;;;+4/p-3. The van der Waals surface area contributed by atoms with Crippen LogP contribution < -0.4 is 24.8 Å². The molecule has 0 aliphatic heterocycles. The van der Waals surface area contributed by atoms with Gasteiger partial charge in [0.05, 0.1) is 5.91 Å². The van der Waals surface area contributed by atoms with Crippen LogP contribution in [0.15, 0.2) is 42.5 Å². The fourth-order valence-corrected chi connectivity index (χ4v) is 3.50. The number of fused-ring (bicyclic) bond motifs is 1. The van der Waals surface area contributed by atoms with Crippen LogP contribution in [0.2, 0.25) is 13.1 Å². The van der Waals surface area contributed by atoms with Crippen LogP contribution in [-0.4, -0.2) is 15.4 Å². The molecule has 2 nitrogen and oxygen atoms in total. The third kappa shape index (κ3) is 16.6. The second-order valence-corrected chi connectivity index (χ2v) is 8.48. The molecule has 30 heavy (non-hydrogen) atoms. The molecular formula is C24H37Cl2NOSiZr. The predicted molar refractivity (Wildman–Crippen MR) is 121 cm³/mol. The largest absolute Gasteiger partial charge is 4.00 e. The zero-order chi connectivity index (χ0) is 19.7. The monoisotopic (exact) mass is 543 g/mol. The van der Waals surface area contributed by atoms with E-state index in [4.69, 9.17) is 5.73 Å². The summed E-state index contributed by atoms with van der Waals surface area (Å²) in [5.41, 5.74) is 7.23. The normalized spacial score (nSPS) is 15.0. The Kier molecular flexibility index (Phi) is 27.3. The van der Waals surface area contributed by atoms with Crippen molar-refractivity contribution >= 4 is 26.2 Å². The van der Waals surface area contributed by atoms with E-state index in [0.29, 0.717) is 0 Å². The van der Waals surface area contributed by atoms with E-state index in [1.807, 2.05) is 0 Å². The Morgan fingerprint density at radius 1 is 0.867 bits per heavy atom. The molecule has 0 aromatic heterocycles. The summed E-state index contributed by atoms with van der Waals surface area (Å²) < 4.78 is 0. The summed E-state index contributed by atoms with van der Waals surface area (Å²) >= 11 is 0. The van der Waals surface area contributed by atoms with Gasteiger partial charge in [-0.25, -0.2) is 0 Å². The first kappa shape index (κ1) is 34.6. The van der Waals surface area contributed by atoms with E-state index in [-0.39, 0.29) is 62.8 Å². The van der Waals surface area contributed by atoms with E-state index < -0.39 is 0 Å². The Labute approximate surface area is 218 Å². The number of hydrogen-bond acceptors (Lipinski definition) is 1. The number of halogens is 2. The molecule has 1 aliphatic carbocycles. The summed E-state index contributed by atoms with van der Waals surface area (Å²) in [6.45, 7) is 4.31. The molecule has 0 saturated heterocycles.